The molecule has 0 N–H and O–H groups in total. The summed E-state index contributed by atoms with van der Waals surface area (Å²) in [7, 11) is 5.00. The van der Waals surface area contributed by atoms with E-state index in [2.05, 4.69) is 10.2 Å². The summed E-state index contributed by atoms with van der Waals surface area (Å²) >= 11 is 1.18. The maximum Gasteiger partial charge on any atom is 0.335 e. The number of nitrogens with zero attached hydrogens (tertiary/aromatic N) is 4. The van der Waals surface area contributed by atoms with Crippen LogP contribution < -0.4 is 4.90 Å². The zero-order chi connectivity index (χ0) is 13.0. The highest BCUT2D eigenvalue weighted by atomic mass is 32.1. The van der Waals surface area contributed by atoms with E-state index >= 15 is 0 Å². The van der Waals surface area contributed by atoms with Gasteiger partial charge in [0.2, 0.25) is 5.91 Å². The highest BCUT2D eigenvalue weighted by molar-refractivity contribution is 7.13. The molecule has 1 aromatic heterocycles. The van der Waals surface area contributed by atoms with Gasteiger partial charge in [-0.3, -0.25) is 9.59 Å². The van der Waals surface area contributed by atoms with E-state index in [-0.39, 0.29) is 18.1 Å². The SMILES string of the molecule is CN(C)C(=O)CN(C)c1nc(C(=O)N=O)cs1. The maximum atomic E-state index is 11.4. The minimum atomic E-state index is -0.903. The number of likely N-dealkylation sites (N-methyl/N-ethyl adjacent to an activating group) is 2. The Labute approximate surface area is 102 Å². The van der Waals surface area contributed by atoms with Crippen molar-refractivity contribution in [3.63, 3.8) is 0 Å². The number of nitroso groups, excluding NO2 is 1. The van der Waals surface area contributed by atoms with E-state index in [0.29, 0.717) is 5.13 Å². The molecule has 0 spiro atoms. The third-order valence-corrected chi connectivity index (χ3v) is 2.95. The van der Waals surface area contributed by atoms with Gasteiger partial charge >= 0.3 is 5.91 Å². The Kier molecular flexibility index (Phi) is 4.27. The van der Waals surface area contributed by atoms with Crippen LogP contribution >= 0.6 is 11.3 Å². The molecule has 17 heavy (non-hydrogen) atoms. The van der Waals surface area contributed by atoms with Crippen molar-refractivity contribution in [2.24, 2.45) is 5.18 Å². The van der Waals surface area contributed by atoms with Crippen molar-refractivity contribution >= 4 is 28.3 Å². The van der Waals surface area contributed by atoms with Crippen LogP contribution in [0.1, 0.15) is 10.5 Å². The van der Waals surface area contributed by atoms with Crippen molar-refractivity contribution in [1.29, 1.82) is 0 Å². The molecule has 1 aromatic rings. The van der Waals surface area contributed by atoms with Gasteiger partial charge in [0.25, 0.3) is 0 Å². The summed E-state index contributed by atoms with van der Waals surface area (Å²) in [6.07, 6.45) is 0. The molecule has 2 amide bonds. The van der Waals surface area contributed by atoms with E-state index in [1.165, 1.54) is 21.6 Å². The van der Waals surface area contributed by atoms with Gasteiger partial charge < -0.3 is 9.80 Å². The Morgan fingerprint density at radius 2 is 2.06 bits per heavy atom. The lowest BCUT2D eigenvalue weighted by Gasteiger charge is -2.17. The van der Waals surface area contributed by atoms with Crippen molar-refractivity contribution in [3.05, 3.63) is 16.0 Å². The lowest BCUT2D eigenvalue weighted by molar-refractivity contribution is -0.127. The standard InChI is InChI=1S/C9H12N4O3S/c1-12(2)7(14)4-13(3)9-10-6(5-17-9)8(15)11-16/h5H,4H2,1-3H3. The largest absolute Gasteiger partial charge is 0.347 e. The number of carbonyl (C=O) groups is 2. The smallest absolute Gasteiger partial charge is 0.335 e. The van der Waals surface area contributed by atoms with E-state index in [1.54, 1.807) is 26.0 Å². The van der Waals surface area contributed by atoms with Crippen molar-refractivity contribution < 1.29 is 9.59 Å². The molecular formula is C9H12N4O3S. The van der Waals surface area contributed by atoms with Crippen LogP contribution in [-0.2, 0) is 4.79 Å². The molecule has 0 bridgehead atoms. The predicted octanol–water partition coefficient (Wildman–Crippen LogP) is 0.574. The Morgan fingerprint density at radius 1 is 1.41 bits per heavy atom. The van der Waals surface area contributed by atoms with E-state index in [9.17, 15) is 14.5 Å². The van der Waals surface area contributed by atoms with Gasteiger partial charge in [0.05, 0.1) is 6.54 Å². The zero-order valence-electron chi connectivity index (χ0n) is 9.71. The van der Waals surface area contributed by atoms with Crippen LogP contribution in [0.2, 0.25) is 0 Å². The summed E-state index contributed by atoms with van der Waals surface area (Å²) < 4.78 is 0. The molecule has 0 aromatic carbocycles. The summed E-state index contributed by atoms with van der Waals surface area (Å²) in [6, 6.07) is 0. The first-order chi connectivity index (χ1) is 7.95. The van der Waals surface area contributed by atoms with Gasteiger partial charge in [-0.2, -0.15) is 0 Å². The average Bonchev–Trinajstić information content (AvgIpc) is 2.77. The average molecular weight is 256 g/mol. The van der Waals surface area contributed by atoms with E-state index < -0.39 is 5.91 Å². The van der Waals surface area contributed by atoms with Crippen LogP contribution in [0.4, 0.5) is 5.13 Å². The minimum absolute atomic E-state index is 0.00384. The van der Waals surface area contributed by atoms with E-state index in [0.717, 1.165) is 0 Å². The minimum Gasteiger partial charge on any atom is -0.347 e. The first kappa shape index (κ1) is 13.2. The third-order valence-electron chi connectivity index (χ3n) is 1.99. The van der Waals surface area contributed by atoms with E-state index in [1.807, 2.05) is 0 Å². The zero-order valence-corrected chi connectivity index (χ0v) is 10.5. The van der Waals surface area contributed by atoms with Crippen molar-refractivity contribution in [1.82, 2.24) is 9.88 Å². The lowest BCUT2D eigenvalue weighted by atomic mass is 10.5. The molecule has 0 fully saturated rings. The fraction of sp³-hybridized carbons (Fsp3) is 0.444. The highest BCUT2D eigenvalue weighted by Gasteiger charge is 2.15. The molecule has 92 valence electrons. The number of aromatic nitrogens is 1. The van der Waals surface area contributed by atoms with Crippen molar-refractivity contribution in [3.8, 4) is 0 Å². The summed E-state index contributed by atoms with van der Waals surface area (Å²) in [4.78, 5) is 39.4. The second kappa shape index (κ2) is 5.48. The van der Waals surface area contributed by atoms with Crippen molar-refractivity contribution in [2.45, 2.75) is 0 Å². The summed E-state index contributed by atoms with van der Waals surface area (Å²) in [5.41, 5.74) is 0.00384. The Balaban J connectivity index is 2.73. The number of hydrogen-bond acceptors (Lipinski definition) is 6. The molecule has 0 saturated heterocycles. The highest BCUT2D eigenvalue weighted by Crippen LogP contribution is 2.19. The maximum absolute atomic E-state index is 11.4. The molecule has 1 rings (SSSR count). The number of amides is 2. The monoisotopic (exact) mass is 256 g/mol. The molecule has 8 heteroatoms. The van der Waals surface area contributed by atoms with E-state index in [4.69, 9.17) is 0 Å². The van der Waals surface area contributed by atoms with Gasteiger partial charge in [0, 0.05) is 31.7 Å². The fourth-order valence-electron chi connectivity index (χ4n) is 0.997. The molecule has 0 aliphatic carbocycles. The fourth-order valence-corrected chi connectivity index (χ4v) is 1.76. The first-order valence-electron chi connectivity index (χ1n) is 4.70. The predicted molar refractivity (Wildman–Crippen MR) is 64.2 cm³/mol. The van der Waals surface area contributed by atoms with Crippen LogP contribution in [0.3, 0.4) is 0 Å². The number of hydrogen-bond donors (Lipinski definition) is 0. The normalized spacial score (nSPS) is 9.82. The van der Waals surface area contributed by atoms with Crippen LogP contribution in [0, 0.1) is 4.91 Å². The van der Waals surface area contributed by atoms with Gasteiger partial charge in [-0.05, 0) is 0 Å². The Bertz CT molecular complexity index is 443. The quantitative estimate of drug-likeness (QED) is 0.736. The topological polar surface area (TPSA) is 82.9 Å². The van der Waals surface area contributed by atoms with Gasteiger partial charge in [0.15, 0.2) is 5.13 Å². The van der Waals surface area contributed by atoms with Gasteiger partial charge in [0.1, 0.15) is 5.69 Å². The van der Waals surface area contributed by atoms with Gasteiger partial charge in [-0.1, -0.05) is 0 Å². The first-order valence-corrected chi connectivity index (χ1v) is 5.58. The second-order valence-corrected chi connectivity index (χ2v) is 4.39. The molecule has 0 aliphatic rings. The number of rotatable bonds is 4. The van der Waals surface area contributed by atoms with Crippen LogP contribution in [0.25, 0.3) is 0 Å². The molecule has 0 unspecified atom stereocenters. The number of carbonyl (C=O) groups excluding carboxylic acids is 2. The molecule has 7 nitrogen and oxygen atoms in total. The molecule has 0 atom stereocenters. The molecule has 0 radical (unpaired) electrons. The van der Waals surface area contributed by atoms with Crippen LogP contribution in [0.5, 0.6) is 0 Å². The van der Waals surface area contributed by atoms with Gasteiger partial charge in [-0.25, -0.2) is 4.98 Å². The Hall–Kier alpha value is -1.83. The molecule has 0 aliphatic heterocycles. The van der Waals surface area contributed by atoms with Crippen LogP contribution in [-0.4, -0.2) is 49.4 Å². The number of thiazole rings is 1. The molecule has 1 heterocycles. The third kappa shape index (κ3) is 3.31. The summed E-state index contributed by atoms with van der Waals surface area (Å²) in [5.74, 6) is -0.982. The number of anilines is 1. The molecule has 0 saturated carbocycles. The lowest BCUT2D eigenvalue weighted by Crippen LogP contribution is -2.34. The second-order valence-electron chi connectivity index (χ2n) is 3.56. The van der Waals surface area contributed by atoms with Gasteiger partial charge in [-0.15, -0.1) is 16.2 Å². The molecular weight excluding hydrogens is 244 g/mol. The summed E-state index contributed by atoms with van der Waals surface area (Å²) in [5, 5.41) is 4.22. The van der Waals surface area contributed by atoms with Crippen molar-refractivity contribution in [2.75, 3.05) is 32.6 Å². The summed E-state index contributed by atoms with van der Waals surface area (Å²) in [6.45, 7) is 0.155. The Morgan fingerprint density at radius 3 is 2.59 bits per heavy atom. The van der Waals surface area contributed by atoms with Crippen LogP contribution in [0.15, 0.2) is 10.6 Å².